The molecule has 0 spiro atoms. The van der Waals surface area contributed by atoms with Gasteiger partial charge in [0.25, 0.3) is 0 Å². The van der Waals surface area contributed by atoms with Crippen LogP contribution < -0.4 is 21.2 Å². The first-order valence-corrected chi connectivity index (χ1v) is 16.9. The second-order valence-electron chi connectivity index (χ2n) is 6.05. The summed E-state index contributed by atoms with van der Waals surface area (Å²) in [6.07, 6.45) is 0. The quantitative estimate of drug-likeness (QED) is 0.372. The summed E-state index contributed by atoms with van der Waals surface area (Å²) >= 11 is -1.66. The molecule has 1 aliphatic heterocycles. The minimum absolute atomic E-state index is 0.0182. The standard InChI is InChI=1S/C21H21NOP.3ClH.Rh/c1-4-10-18(11-5-1)24(21-22-16-17-23-21,19-12-6-2-7-13-19)20-14-8-3-9-15-20;;;;/h1-15,21-22H,16-17H2;3*1H;/q+1;;;;+3/p-3. The van der Waals surface area contributed by atoms with Gasteiger partial charge in [-0.05, 0) is 36.4 Å². The Morgan fingerprint density at radius 2 is 1.07 bits per heavy atom. The Hall–Kier alpha value is -0.497. The maximum atomic E-state index is 6.22. The van der Waals surface area contributed by atoms with E-state index >= 15 is 0 Å². The van der Waals surface area contributed by atoms with E-state index in [-0.39, 0.29) is 5.97 Å². The Labute approximate surface area is 184 Å². The van der Waals surface area contributed by atoms with E-state index in [1.54, 1.807) is 0 Å². The summed E-state index contributed by atoms with van der Waals surface area (Å²) < 4.78 is 6.22. The molecule has 0 saturated carbocycles. The summed E-state index contributed by atoms with van der Waals surface area (Å²) in [5.74, 6) is 0.0182. The molecule has 1 N–H and O–H groups in total. The van der Waals surface area contributed by atoms with Gasteiger partial charge >= 0.3 is 42.1 Å². The number of ether oxygens (including phenoxy) is 1. The Bertz CT molecular complexity index is 735. The molecule has 2 nitrogen and oxygen atoms in total. The molecule has 7 heteroatoms. The molecule has 150 valence electrons. The van der Waals surface area contributed by atoms with Gasteiger partial charge in [0.2, 0.25) is 5.97 Å². The molecule has 1 fully saturated rings. The van der Waals surface area contributed by atoms with Crippen molar-refractivity contribution < 1.29 is 17.7 Å². The molecule has 3 aromatic rings. The molecule has 3 aromatic carbocycles. The van der Waals surface area contributed by atoms with E-state index < -0.39 is 20.2 Å². The zero-order valence-electron chi connectivity index (χ0n) is 15.0. The fraction of sp³-hybridized carbons (Fsp3) is 0.143. The van der Waals surface area contributed by atoms with Crippen LogP contribution in [0.3, 0.4) is 0 Å². The van der Waals surface area contributed by atoms with Crippen molar-refractivity contribution in [2.24, 2.45) is 0 Å². The van der Waals surface area contributed by atoms with E-state index in [0.29, 0.717) is 0 Å². The van der Waals surface area contributed by atoms with Crippen LogP contribution in [0.1, 0.15) is 0 Å². The van der Waals surface area contributed by atoms with Crippen LogP contribution in [0.4, 0.5) is 0 Å². The minimum atomic E-state index is -1.93. The monoisotopic (exact) mass is 542 g/mol. The maximum Gasteiger partial charge on any atom is 0.236 e. The largest absolute Gasteiger partial charge is 0.329 e. The molecule has 1 saturated heterocycles. The molecule has 1 unspecified atom stereocenters. The predicted octanol–water partition coefficient (Wildman–Crippen LogP) is 4.95. The van der Waals surface area contributed by atoms with Gasteiger partial charge in [-0.1, -0.05) is 54.6 Å². The van der Waals surface area contributed by atoms with Crippen LogP contribution in [0, 0.1) is 0 Å². The van der Waals surface area contributed by atoms with Crippen molar-refractivity contribution in [3.63, 3.8) is 0 Å². The molecular weight excluding hydrogens is 522 g/mol. The average Bonchev–Trinajstić information content (AvgIpc) is 3.26. The number of hydrogen-bond donors (Lipinski definition) is 1. The molecular formula is C21H21Cl3NOPRh+. The van der Waals surface area contributed by atoms with E-state index in [1.165, 1.54) is 15.9 Å². The third-order valence-corrected chi connectivity index (χ3v) is 8.91. The molecule has 0 bridgehead atoms. The van der Waals surface area contributed by atoms with Gasteiger partial charge in [-0.15, -0.1) is 0 Å². The second-order valence-corrected chi connectivity index (χ2v) is 17.0. The molecule has 28 heavy (non-hydrogen) atoms. The number of hydrogen-bond acceptors (Lipinski definition) is 2. The van der Waals surface area contributed by atoms with Crippen LogP contribution in [0.15, 0.2) is 91.0 Å². The summed E-state index contributed by atoms with van der Waals surface area (Å²) in [4.78, 5) is 0. The average molecular weight is 544 g/mol. The summed E-state index contributed by atoms with van der Waals surface area (Å²) in [5.41, 5.74) is 0. The predicted molar refractivity (Wildman–Crippen MR) is 120 cm³/mol. The van der Waals surface area contributed by atoms with Crippen molar-refractivity contribution in [1.82, 2.24) is 5.32 Å². The summed E-state index contributed by atoms with van der Waals surface area (Å²) in [7, 11) is 12.9. The van der Waals surface area contributed by atoms with E-state index in [4.69, 9.17) is 33.8 Å². The smallest absolute Gasteiger partial charge is 0.236 e. The van der Waals surface area contributed by atoms with Crippen LogP contribution in [0.2, 0.25) is 0 Å². The van der Waals surface area contributed by atoms with Crippen molar-refractivity contribution in [1.29, 1.82) is 0 Å². The van der Waals surface area contributed by atoms with Crippen molar-refractivity contribution in [3.8, 4) is 0 Å². The summed E-state index contributed by atoms with van der Waals surface area (Å²) in [6.45, 7) is 1.66. The first-order chi connectivity index (χ1) is 13.7. The van der Waals surface area contributed by atoms with Crippen molar-refractivity contribution in [2.75, 3.05) is 13.2 Å². The number of benzene rings is 3. The van der Waals surface area contributed by atoms with Gasteiger partial charge < -0.3 is 4.74 Å². The third kappa shape index (κ3) is 5.15. The Kier molecular flexibility index (Phi) is 8.76. The van der Waals surface area contributed by atoms with E-state index in [0.717, 1.165) is 13.2 Å². The first-order valence-electron chi connectivity index (χ1n) is 8.71. The molecule has 1 atom stereocenters. The number of nitrogens with one attached hydrogen (secondary N) is 1. The molecule has 1 heterocycles. The van der Waals surface area contributed by atoms with Crippen molar-refractivity contribution >= 4 is 52.2 Å². The Balaban J connectivity index is 0.000000516. The fourth-order valence-corrected chi connectivity index (χ4v) is 7.87. The first kappa shape index (κ1) is 22.2. The van der Waals surface area contributed by atoms with E-state index in [2.05, 4.69) is 96.3 Å². The second kappa shape index (κ2) is 11.0. The SMILES string of the molecule is [Cl][Rh]([Cl])[Cl].c1ccc([P+](c2ccccc2)(c2ccccc2)C2NCCO2)cc1. The number of rotatable bonds is 4. The molecule has 0 radical (unpaired) electrons. The van der Waals surface area contributed by atoms with Gasteiger partial charge in [-0.2, -0.15) is 0 Å². The van der Waals surface area contributed by atoms with Gasteiger partial charge in [0.1, 0.15) is 15.9 Å². The maximum absolute atomic E-state index is 6.22. The van der Waals surface area contributed by atoms with Crippen LogP contribution in [0.5, 0.6) is 0 Å². The van der Waals surface area contributed by atoms with E-state index in [9.17, 15) is 0 Å². The zero-order chi connectivity index (χ0) is 19.8. The van der Waals surface area contributed by atoms with E-state index in [1.807, 2.05) is 0 Å². The number of halogens is 3. The molecule has 0 aromatic heterocycles. The zero-order valence-corrected chi connectivity index (χ0v) is 19.8. The van der Waals surface area contributed by atoms with Gasteiger partial charge in [0.05, 0.1) is 6.61 Å². The fourth-order valence-electron chi connectivity index (χ4n) is 3.50. The van der Waals surface area contributed by atoms with Gasteiger partial charge in [0.15, 0.2) is 7.26 Å². The Morgan fingerprint density at radius 3 is 1.36 bits per heavy atom. The molecule has 4 rings (SSSR count). The molecule has 1 aliphatic rings. The topological polar surface area (TPSA) is 21.3 Å². The van der Waals surface area contributed by atoms with Gasteiger partial charge in [-0.3, -0.25) is 5.32 Å². The normalized spacial score (nSPS) is 16.8. The minimum Gasteiger partial charge on any atom is -0.329 e. The molecule has 0 amide bonds. The van der Waals surface area contributed by atoms with Gasteiger partial charge in [0, 0.05) is 6.54 Å². The van der Waals surface area contributed by atoms with Crippen LogP contribution in [-0.2, 0) is 17.7 Å². The summed E-state index contributed by atoms with van der Waals surface area (Å²) in [6, 6.07) is 32.5. The molecule has 0 aliphatic carbocycles. The van der Waals surface area contributed by atoms with Crippen LogP contribution in [-0.4, -0.2) is 19.1 Å². The third-order valence-electron chi connectivity index (χ3n) is 4.54. The van der Waals surface area contributed by atoms with Crippen LogP contribution >= 0.6 is 36.3 Å². The van der Waals surface area contributed by atoms with Crippen LogP contribution in [0.25, 0.3) is 0 Å². The van der Waals surface area contributed by atoms with Gasteiger partial charge in [-0.25, -0.2) is 0 Å². The Morgan fingerprint density at radius 1 is 0.714 bits per heavy atom. The summed E-state index contributed by atoms with van der Waals surface area (Å²) in [5, 5.41) is 7.67. The van der Waals surface area contributed by atoms with Crippen molar-refractivity contribution in [2.45, 2.75) is 5.97 Å². The van der Waals surface area contributed by atoms with Crippen molar-refractivity contribution in [3.05, 3.63) is 91.0 Å².